The second-order valence-corrected chi connectivity index (χ2v) is 11.5. The number of allylic oxidation sites excluding steroid dienone is 3. The minimum absolute atomic E-state index is 0.371. The number of nitrogens with one attached hydrogen (secondary N) is 2. The molecule has 0 bridgehead atoms. The second-order valence-electron chi connectivity index (χ2n) is 11.5. The van der Waals surface area contributed by atoms with Crippen LogP contribution in [0.3, 0.4) is 0 Å². The summed E-state index contributed by atoms with van der Waals surface area (Å²) in [4.78, 5) is 17.5. The Morgan fingerprint density at radius 1 is 0.750 bits per heavy atom. The van der Waals surface area contributed by atoms with Crippen LogP contribution in [0, 0.1) is 5.92 Å². The zero-order valence-electron chi connectivity index (χ0n) is 24.5. The number of rotatable bonds is 11. The lowest BCUT2D eigenvalue weighted by Crippen LogP contribution is -2.46. The first-order chi connectivity index (χ1) is 19.6. The maximum Gasteiger partial charge on any atom is 0.232 e. The summed E-state index contributed by atoms with van der Waals surface area (Å²) in [6, 6.07) is 9.12. The Morgan fingerprint density at radius 3 is 1.90 bits per heavy atom. The first-order valence-electron chi connectivity index (χ1n) is 15.2. The number of aromatic nitrogens is 3. The topological polar surface area (TPSA) is 84.4 Å². The van der Waals surface area contributed by atoms with Crippen molar-refractivity contribution in [3.05, 3.63) is 53.3 Å². The summed E-state index contributed by atoms with van der Waals surface area (Å²) >= 11 is 0. The second kappa shape index (κ2) is 13.9. The van der Waals surface area contributed by atoms with Crippen molar-refractivity contribution >= 4 is 17.8 Å². The van der Waals surface area contributed by atoms with E-state index in [9.17, 15) is 0 Å². The molecule has 1 unspecified atom stereocenters. The Hall–Kier alpha value is -3.29. The molecule has 1 aromatic carbocycles. The Morgan fingerprint density at radius 2 is 1.35 bits per heavy atom. The van der Waals surface area contributed by atoms with Gasteiger partial charge in [-0.25, -0.2) is 0 Å². The van der Waals surface area contributed by atoms with Gasteiger partial charge in [0.25, 0.3) is 0 Å². The Balaban J connectivity index is 1.40. The van der Waals surface area contributed by atoms with E-state index in [1.165, 1.54) is 69.8 Å². The SMILES string of the molecule is COC1=CC=C(CNc2nc(NCc3ccc(OC)cc3)nc(N(C3CCCCC3)C3CCCCC3)n2)CC1C. The summed E-state index contributed by atoms with van der Waals surface area (Å²) in [5.41, 5.74) is 2.47. The molecule has 8 heteroatoms. The molecule has 1 heterocycles. The molecule has 2 fully saturated rings. The first kappa shape index (κ1) is 28.2. The van der Waals surface area contributed by atoms with Crippen LogP contribution in [0.4, 0.5) is 17.8 Å². The van der Waals surface area contributed by atoms with Crippen LogP contribution in [0.1, 0.15) is 83.1 Å². The molecule has 1 atom stereocenters. The first-order valence-corrected chi connectivity index (χ1v) is 15.2. The highest BCUT2D eigenvalue weighted by molar-refractivity contribution is 5.47. The van der Waals surface area contributed by atoms with Gasteiger partial charge in [0.05, 0.1) is 20.0 Å². The van der Waals surface area contributed by atoms with Crippen molar-refractivity contribution < 1.29 is 9.47 Å². The predicted molar refractivity (Wildman–Crippen MR) is 162 cm³/mol. The van der Waals surface area contributed by atoms with E-state index in [2.05, 4.69) is 46.7 Å². The van der Waals surface area contributed by atoms with Crippen LogP contribution in [-0.4, -0.2) is 47.8 Å². The molecule has 0 radical (unpaired) electrons. The molecule has 40 heavy (non-hydrogen) atoms. The van der Waals surface area contributed by atoms with Gasteiger partial charge in [0.2, 0.25) is 17.8 Å². The van der Waals surface area contributed by atoms with Crippen LogP contribution in [0.15, 0.2) is 47.7 Å². The number of ether oxygens (including phenoxy) is 2. The zero-order valence-corrected chi connectivity index (χ0v) is 24.5. The molecule has 2 N–H and O–H groups in total. The van der Waals surface area contributed by atoms with Crippen molar-refractivity contribution in [1.29, 1.82) is 0 Å². The maximum absolute atomic E-state index is 5.51. The summed E-state index contributed by atoms with van der Waals surface area (Å²) in [5, 5.41) is 7.03. The third kappa shape index (κ3) is 7.26. The van der Waals surface area contributed by atoms with Gasteiger partial charge in [-0.05, 0) is 55.9 Å². The fraction of sp³-hybridized carbons (Fsp3) is 0.594. The Labute approximate surface area is 239 Å². The van der Waals surface area contributed by atoms with Crippen molar-refractivity contribution in [3.8, 4) is 5.75 Å². The lowest BCUT2D eigenvalue weighted by atomic mass is 9.89. The van der Waals surface area contributed by atoms with E-state index >= 15 is 0 Å². The molecule has 5 rings (SSSR count). The lowest BCUT2D eigenvalue weighted by Gasteiger charge is -2.41. The molecular weight excluding hydrogens is 500 g/mol. The lowest BCUT2D eigenvalue weighted by molar-refractivity contribution is 0.244. The van der Waals surface area contributed by atoms with Crippen LogP contribution in [0.25, 0.3) is 0 Å². The van der Waals surface area contributed by atoms with E-state index in [4.69, 9.17) is 24.4 Å². The third-order valence-electron chi connectivity index (χ3n) is 8.65. The van der Waals surface area contributed by atoms with Gasteiger partial charge in [-0.3, -0.25) is 0 Å². The molecule has 2 saturated carbocycles. The van der Waals surface area contributed by atoms with Gasteiger partial charge in [0.1, 0.15) is 5.75 Å². The van der Waals surface area contributed by atoms with Crippen molar-refractivity contribution in [1.82, 2.24) is 15.0 Å². The van der Waals surface area contributed by atoms with Crippen molar-refractivity contribution in [2.75, 3.05) is 36.3 Å². The molecule has 0 amide bonds. The van der Waals surface area contributed by atoms with Gasteiger partial charge in [0, 0.05) is 31.1 Å². The Kier molecular flexibility index (Phi) is 9.79. The number of methoxy groups -OCH3 is 2. The van der Waals surface area contributed by atoms with E-state index in [-0.39, 0.29) is 0 Å². The quantitative estimate of drug-likeness (QED) is 0.316. The number of anilines is 3. The molecule has 0 aliphatic heterocycles. The van der Waals surface area contributed by atoms with E-state index in [0.717, 1.165) is 29.4 Å². The molecule has 3 aliphatic rings. The highest BCUT2D eigenvalue weighted by atomic mass is 16.5. The van der Waals surface area contributed by atoms with Crippen LogP contribution in [-0.2, 0) is 11.3 Å². The average molecular weight is 547 g/mol. The highest BCUT2D eigenvalue weighted by Gasteiger charge is 2.31. The van der Waals surface area contributed by atoms with Gasteiger partial charge < -0.3 is 25.0 Å². The molecule has 8 nitrogen and oxygen atoms in total. The fourth-order valence-corrected chi connectivity index (χ4v) is 6.43. The molecular formula is C32H46N6O2. The van der Waals surface area contributed by atoms with Crippen LogP contribution in [0.2, 0.25) is 0 Å². The van der Waals surface area contributed by atoms with Crippen LogP contribution < -0.4 is 20.3 Å². The summed E-state index contributed by atoms with van der Waals surface area (Å²) in [5.74, 6) is 4.33. The van der Waals surface area contributed by atoms with E-state index in [0.29, 0.717) is 43.0 Å². The minimum Gasteiger partial charge on any atom is -0.501 e. The van der Waals surface area contributed by atoms with Gasteiger partial charge in [0.15, 0.2) is 0 Å². The summed E-state index contributed by atoms with van der Waals surface area (Å²) in [6.45, 7) is 3.54. The van der Waals surface area contributed by atoms with Crippen molar-refractivity contribution in [2.45, 2.75) is 96.2 Å². The highest BCUT2D eigenvalue weighted by Crippen LogP contribution is 2.33. The number of hydrogen-bond donors (Lipinski definition) is 2. The van der Waals surface area contributed by atoms with E-state index in [1.54, 1.807) is 14.2 Å². The van der Waals surface area contributed by atoms with Gasteiger partial charge >= 0.3 is 0 Å². The maximum atomic E-state index is 5.51. The number of hydrogen-bond acceptors (Lipinski definition) is 8. The molecule has 2 aromatic rings. The van der Waals surface area contributed by atoms with Gasteiger partial charge in [-0.2, -0.15) is 15.0 Å². The Bertz CT molecular complexity index is 1130. The number of nitrogens with zero attached hydrogens (tertiary/aromatic N) is 4. The molecule has 3 aliphatic carbocycles. The molecule has 0 saturated heterocycles. The van der Waals surface area contributed by atoms with Crippen molar-refractivity contribution in [3.63, 3.8) is 0 Å². The third-order valence-corrected chi connectivity index (χ3v) is 8.65. The summed E-state index contributed by atoms with van der Waals surface area (Å²) in [7, 11) is 3.44. The molecule has 1 aromatic heterocycles. The largest absolute Gasteiger partial charge is 0.501 e. The molecule has 0 spiro atoms. The number of benzene rings is 1. The zero-order chi connectivity index (χ0) is 27.7. The van der Waals surface area contributed by atoms with Crippen LogP contribution in [0.5, 0.6) is 5.75 Å². The molecule has 216 valence electrons. The normalized spacial score (nSPS) is 20.3. The minimum atomic E-state index is 0.371. The summed E-state index contributed by atoms with van der Waals surface area (Å²) in [6.07, 6.45) is 17.9. The monoisotopic (exact) mass is 546 g/mol. The van der Waals surface area contributed by atoms with Gasteiger partial charge in [-0.15, -0.1) is 0 Å². The van der Waals surface area contributed by atoms with E-state index in [1.807, 2.05) is 12.1 Å². The standard InChI is InChI=1S/C32H46N6O2/c1-23-20-25(16-19-29(23)40-3)22-34-31-35-30(33-21-24-14-17-28(39-2)18-15-24)36-32(37-31)38(26-10-6-4-7-11-26)27-12-8-5-9-13-27/h14-19,23,26-27H,4-13,20-22H2,1-3H3,(H2,33,34,35,36,37). The average Bonchev–Trinajstić information content (AvgIpc) is 3.00. The predicted octanol–water partition coefficient (Wildman–Crippen LogP) is 6.87. The fourth-order valence-electron chi connectivity index (χ4n) is 6.43. The van der Waals surface area contributed by atoms with E-state index < -0.39 is 0 Å². The van der Waals surface area contributed by atoms with Crippen molar-refractivity contribution in [2.24, 2.45) is 5.92 Å². The summed E-state index contributed by atoms with van der Waals surface area (Å²) < 4.78 is 10.8. The van der Waals surface area contributed by atoms with Gasteiger partial charge in [-0.1, -0.05) is 69.2 Å². The van der Waals surface area contributed by atoms with Crippen LogP contribution >= 0.6 is 0 Å². The smallest absolute Gasteiger partial charge is 0.232 e.